The lowest BCUT2D eigenvalue weighted by Gasteiger charge is -2.09. The van der Waals surface area contributed by atoms with Gasteiger partial charge in [-0.2, -0.15) is 0 Å². The Hall–Kier alpha value is -1.72. The number of methoxy groups -OCH3 is 1. The Labute approximate surface area is 130 Å². The maximum Gasteiger partial charge on any atom is 0.323 e. The molecule has 0 heterocycles. The second-order valence-corrected chi connectivity index (χ2v) is 5.20. The largest absolute Gasteiger partial charge is 0.497 e. The van der Waals surface area contributed by atoms with Crippen molar-refractivity contribution in [1.29, 1.82) is 0 Å². The molecule has 2 aromatic carbocycles. The normalized spacial score (nSPS) is 9.95. The average molecular weight is 356 g/mol. The fourth-order valence-electron chi connectivity index (χ4n) is 1.57. The van der Waals surface area contributed by atoms with Gasteiger partial charge in [-0.1, -0.05) is 17.7 Å². The molecular weight excluding hydrogens is 344 g/mol. The van der Waals surface area contributed by atoms with Crippen molar-refractivity contribution in [3.8, 4) is 5.75 Å². The van der Waals surface area contributed by atoms with Crippen molar-refractivity contribution in [3.05, 3.63) is 52.0 Å². The number of halogens is 2. The third kappa shape index (κ3) is 3.88. The minimum absolute atomic E-state index is 0.350. The van der Waals surface area contributed by atoms with Gasteiger partial charge in [0.15, 0.2) is 0 Å². The SMILES string of the molecule is COc1cccc(NC(=O)Nc2ccc(Br)c(Cl)c2)c1. The summed E-state index contributed by atoms with van der Waals surface area (Å²) < 4.78 is 5.87. The van der Waals surface area contributed by atoms with Gasteiger partial charge in [-0.15, -0.1) is 0 Å². The van der Waals surface area contributed by atoms with Gasteiger partial charge in [0, 0.05) is 21.9 Å². The van der Waals surface area contributed by atoms with Crippen LogP contribution in [0.15, 0.2) is 46.9 Å². The quantitative estimate of drug-likeness (QED) is 0.834. The minimum Gasteiger partial charge on any atom is -0.497 e. The van der Waals surface area contributed by atoms with Crippen LogP contribution < -0.4 is 15.4 Å². The van der Waals surface area contributed by atoms with Crippen LogP contribution in [0.4, 0.5) is 16.2 Å². The Morgan fingerprint density at radius 3 is 2.50 bits per heavy atom. The maximum atomic E-state index is 11.9. The van der Waals surface area contributed by atoms with Crippen LogP contribution in [0.2, 0.25) is 5.02 Å². The number of carbonyl (C=O) groups is 1. The van der Waals surface area contributed by atoms with Crippen LogP contribution in [-0.4, -0.2) is 13.1 Å². The van der Waals surface area contributed by atoms with E-state index in [0.717, 1.165) is 4.47 Å². The van der Waals surface area contributed by atoms with E-state index in [0.29, 0.717) is 22.1 Å². The van der Waals surface area contributed by atoms with Crippen molar-refractivity contribution < 1.29 is 9.53 Å². The Balaban J connectivity index is 2.03. The molecule has 20 heavy (non-hydrogen) atoms. The summed E-state index contributed by atoms with van der Waals surface area (Å²) >= 11 is 9.25. The Morgan fingerprint density at radius 1 is 1.15 bits per heavy atom. The lowest BCUT2D eigenvalue weighted by atomic mass is 10.3. The maximum absolute atomic E-state index is 11.9. The lowest BCUT2D eigenvalue weighted by Crippen LogP contribution is -2.19. The van der Waals surface area contributed by atoms with E-state index in [1.165, 1.54) is 0 Å². The van der Waals surface area contributed by atoms with Crippen molar-refractivity contribution in [2.45, 2.75) is 0 Å². The molecule has 6 heteroatoms. The molecule has 0 fully saturated rings. The number of hydrogen-bond acceptors (Lipinski definition) is 2. The lowest BCUT2D eigenvalue weighted by molar-refractivity contribution is 0.262. The monoisotopic (exact) mass is 354 g/mol. The molecule has 4 nitrogen and oxygen atoms in total. The van der Waals surface area contributed by atoms with E-state index < -0.39 is 0 Å². The number of rotatable bonds is 3. The van der Waals surface area contributed by atoms with Crippen LogP contribution in [0, 0.1) is 0 Å². The number of nitrogens with one attached hydrogen (secondary N) is 2. The van der Waals surface area contributed by atoms with E-state index >= 15 is 0 Å². The summed E-state index contributed by atoms with van der Waals surface area (Å²) in [6.07, 6.45) is 0. The standard InChI is InChI=1S/C14H12BrClN2O2/c1-20-11-4-2-3-9(7-11)17-14(19)18-10-5-6-12(15)13(16)8-10/h2-8H,1H3,(H2,17,18,19). The predicted octanol–water partition coefficient (Wildman–Crippen LogP) is 4.76. The van der Waals surface area contributed by atoms with Gasteiger partial charge in [0.25, 0.3) is 0 Å². The van der Waals surface area contributed by atoms with E-state index in [4.69, 9.17) is 16.3 Å². The summed E-state index contributed by atoms with van der Waals surface area (Å²) in [7, 11) is 1.57. The third-order valence-electron chi connectivity index (χ3n) is 2.51. The third-order valence-corrected chi connectivity index (χ3v) is 3.74. The highest BCUT2D eigenvalue weighted by molar-refractivity contribution is 9.10. The van der Waals surface area contributed by atoms with E-state index in [9.17, 15) is 4.79 Å². The van der Waals surface area contributed by atoms with E-state index in [2.05, 4.69) is 26.6 Å². The fraction of sp³-hybridized carbons (Fsp3) is 0.0714. The van der Waals surface area contributed by atoms with E-state index in [1.807, 2.05) is 0 Å². The number of amides is 2. The number of ether oxygens (including phenoxy) is 1. The molecule has 0 unspecified atom stereocenters. The topological polar surface area (TPSA) is 50.4 Å². The first-order chi connectivity index (χ1) is 9.58. The van der Waals surface area contributed by atoms with Crippen molar-refractivity contribution in [3.63, 3.8) is 0 Å². The van der Waals surface area contributed by atoms with E-state index in [1.54, 1.807) is 49.6 Å². The second-order valence-electron chi connectivity index (χ2n) is 3.94. The number of urea groups is 1. The molecule has 0 bridgehead atoms. The van der Waals surface area contributed by atoms with Gasteiger partial charge in [0.2, 0.25) is 0 Å². The summed E-state index contributed by atoms with van der Waals surface area (Å²) in [6, 6.07) is 11.9. The smallest absolute Gasteiger partial charge is 0.323 e. The van der Waals surface area contributed by atoms with Gasteiger partial charge in [-0.25, -0.2) is 4.79 Å². The molecule has 104 valence electrons. The zero-order valence-corrected chi connectivity index (χ0v) is 13.0. The number of benzene rings is 2. The zero-order valence-electron chi connectivity index (χ0n) is 10.6. The molecule has 0 saturated heterocycles. The van der Waals surface area contributed by atoms with Gasteiger partial charge < -0.3 is 15.4 Å². The average Bonchev–Trinajstić information content (AvgIpc) is 2.43. The molecular formula is C14H12BrClN2O2. The number of carbonyl (C=O) groups excluding carboxylic acids is 1. The first-order valence-corrected chi connectivity index (χ1v) is 6.92. The van der Waals surface area contributed by atoms with Crippen LogP contribution in [-0.2, 0) is 0 Å². The predicted molar refractivity (Wildman–Crippen MR) is 84.8 cm³/mol. The molecule has 2 rings (SSSR count). The van der Waals surface area contributed by atoms with E-state index in [-0.39, 0.29) is 6.03 Å². The van der Waals surface area contributed by atoms with Gasteiger partial charge in [-0.3, -0.25) is 0 Å². The highest BCUT2D eigenvalue weighted by Gasteiger charge is 2.05. The molecule has 0 aliphatic carbocycles. The molecule has 0 atom stereocenters. The van der Waals surface area contributed by atoms with Gasteiger partial charge in [-0.05, 0) is 46.3 Å². The zero-order chi connectivity index (χ0) is 14.5. The second kappa shape index (κ2) is 6.63. The first-order valence-electron chi connectivity index (χ1n) is 5.75. The van der Waals surface area contributed by atoms with Crippen LogP contribution in [0.3, 0.4) is 0 Å². The molecule has 0 radical (unpaired) electrons. The van der Waals surface area contributed by atoms with Gasteiger partial charge in [0.1, 0.15) is 5.75 Å². The Bertz CT molecular complexity index is 634. The summed E-state index contributed by atoms with van der Waals surface area (Å²) in [5.74, 6) is 0.675. The molecule has 0 aromatic heterocycles. The van der Waals surface area contributed by atoms with Crippen molar-refractivity contribution >= 4 is 44.9 Å². The summed E-state index contributed by atoms with van der Waals surface area (Å²) in [5.41, 5.74) is 1.25. The minimum atomic E-state index is -0.350. The Morgan fingerprint density at radius 2 is 1.85 bits per heavy atom. The van der Waals surface area contributed by atoms with Crippen LogP contribution in [0.5, 0.6) is 5.75 Å². The van der Waals surface area contributed by atoms with Crippen LogP contribution in [0.1, 0.15) is 0 Å². The van der Waals surface area contributed by atoms with Crippen molar-refractivity contribution in [2.75, 3.05) is 17.7 Å². The number of hydrogen-bond donors (Lipinski definition) is 2. The highest BCUT2D eigenvalue weighted by Crippen LogP contribution is 2.25. The van der Waals surface area contributed by atoms with Gasteiger partial charge in [0.05, 0.1) is 12.1 Å². The van der Waals surface area contributed by atoms with Gasteiger partial charge >= 0.3 is 6.03 Å². The molecule has 0 aliphatic heterocycles. The molecule has 0 aliphatic rings. The Kier molecular flexibility index (Phi) is 4.87. The fourth-order valence-corrected chi connectivity index (χ4v) is 2.00. The molecule has 0 spiro atoms. The molecule has 2 N–H and O–H groups in total. The summed E-state index contributed by atoms with van der Waals surface area (Å²) in [5, 5.41) is 5.95. The van der Waals surface area contributed by atoms with Crippen molar-refractivity contribution in [1.82, 2.24) is 0 Å². The molecule has 2 amide bonds. The summed E-state index contributed by atoms with van der Waals surface area (Å²) in [6.45, 7) is 0. The first kappa shape index (κ1) is 14.7. The number of anilines is 2. The highest BCUT2D eigenvalue weighted by atomic mass is 79.9. The summed E-state index contributed by atoms with van der Waals surface area (Å²) in [4.78, 5) is 11.9. The molecule has 2 aromatic rings. The van der Waals surface area contributed by atoms with Crippen LogP contribution >= 0.6 is 27.5 Å². The van der Waals surface area contributed by atoms with Crippen molar-refractivity contribution in [2.24, 2.45) is 0 Å². The van der Waals surface area contributed by atoms with Crippen LogP contribution in [0.25, 0.3) is 0 Å². The molecule has 0 saturated carbocycles.